The van der Waals surface area contributed by atoms with Gasteiger partial charge in [-0.1, -0.05) is 43.8 Å². The van der Waals surface area contributed by atoms with E-state index in [9.17, 15) is 10.1 Å². The molecule has 1 aliphatic rings. The number of nitrogens with one attached hydrogen (secondary N) is 2. The van der Waals surface area contributed by atoms with Gasteiger partial charge in [0.05, 0.1) is 11.8 Å². The number of aromatic nitrogens is 4. The first-order chi connectivity index (χ1) is 13.9. The summed E-state index contributed by atoms with van der Waals surface area (Å²) in [6.45, 7) is 5.60. The van der Waals surface area contributed by atoms with Crippen LogP contribution in [0, 0.1) is 17.2 Å². The van der Waals surface area contributed by atoms with Gasteiger partial charge in [-0.25, -0.2) is 0 Å². The van der Waals surface area contributed by atoms with Gasteiger partial charge >= 0.3 is 0 Å². The van der Waals surface area contributed by atoms with Gasteiger partial charge in [-0.05, 0) is 31.7 Å². The highest BCUT2D eigenvalue weighted by Gasteiger charge is 2.32. The van der Waals surface area contributed by atoms with Crippen LogP contribution in [0.15, 0.2) is 35.6 Å². The smallest absolute Gasteiger partial charge is 0.231 e. The first-order valence-electron chi connectivity index (χ1n) is 9.79. The molecule has 4 rings (SSSR count). The lowest BCUT2D eigenvalue weighted by molar-refractivity contribution is -0.120. The van der Waals surface area contributed by atoms with E-state index in [0.717, 1.165) is 40.3 Å². The summed E-state index contributed by atoms with van der Waals surface area (Å²) in [7, 11) is 0. The summed E-state index contributed by atoms with van der Waals surface area (Å²) in [6.07, 6.45) is 4.15. The third kappa shape index (κ3) is 3.75. The van der Waals surface area contributed by atoms with Gasteiger partial charge in [-0.15, -0.1) is 10.2 Å². The van der Waals surface area contributed by atoms with Gasteiger partial charge in [0.25, 0.3) is 0 Å². The van der Waals surface area contributed by atoms with Gasteiger partial charge in [0.1, 0.15) is 5.54 Å². The number of aromatic amines is 1. The van der Waals surface area contributed by atoms with Crippen LogP contribution in [0.3, 0.4) is 0 Å². The van der Waals surface area contributed by atoms with Gasteiger partial charge in [-0.3, -0.25) is 9.36 Å². The number of hydrogen-bond acceptors (Lipinski definition) is 5. The number of para-hydroxylation sites is 1. The van der Waals surface area contributed by atoms with Gasteiger partial charge in [0.15, 0.2) is 11.0 Å². The first kappa shape index (κ1) is 19.5. The van der Waals surface area contributed by atoms with Crippen molar-refractivity contribution in [2.45, 2.75) is 50.4 Å². The number of nitriles is 1. The lowest BCUT2D eigenvalue weighted by Gasteiger charge is -2.27. The molecule has 1 saturated carbocycles. The predicted molar refractivity (Wildman–Crippen MR) is 113 cm³/mol. The molecule has 0 unspecified atom stereocenters. The van der Waals surface area contributed by atoms with Crippen molar-refractivity contribution in [3.63, 3.8) is 0 Å². The zero-order valence-electron chi connectivity index (χ0n) is 16.8. The van der Waals surface area contributed by atoms with Crippen molar-refractivity contribution in [1.29, 1.82) is 5.26 Å². The van der Waals surface area contributed by atoms with Gasteiger partial charge < -0.3 is 10.3 Å². The normalized spacial score (nSPS) is 16.0. The summed E-state index contributed by atoms with van der Waals surface area (Å²) < 4.78 is 2.15. The summed E-state index contributed by atoms with van der Waals surface area (Å²) >= 11 is 1.37. The Labute approximate surface area is 173 Å². The lowest BCUT2D eigenvalue weighted by atomic mass is 9.90. The number of thioether (sulfide) groups is 1. The number of fused-ring (bicyclic) bond motifs is 1. The molecule has 2 N–H and O–H groups in total. The van der Waals surface area contributed by atoms with Crippen LogP contribution in [0.5, 0.6) is 0 Å². The number of amides is 1. The molecule has 3 aromatic rings. The molecule has 1 fully saturated rings. The molecular weight excluding hydrogens is 384 g/mol. The second-order valence-electron chi connectivity index (χ2n) is 7.96. The third-order valence-electron chi connectivity index (χ3n) is 5.53. The molecule has 2 aromatic heterocycles. The minimum absolute atomic E-state index is 0.0186. The number of H-pyrrole nitrogens is 1. The maximum Gasteiger partial charge on any atom is 0.231 e. The first-order valence-corrected chi connectivity index (χ1v) is 10.8. The summed E-state index contributed by atoms with van der Waals surface area (Å²) in [5.74, 6) is 0.872. The molecule has 1 aliphatic carbocycles. The molecule has 150 valence electrons. The van der Waals surface area contributed by atoms with Crippen LogP contribution < -0.4 is 5.32 Å². The van der Waals surface area contributed by atoms with Crippen LogP contribution in [0.25, 0.3) is 22.3 Å². The third-order valence-corrected chi connectivity index (χ3v) is 6.47. The Hall–Kier alpha value is -2.79. The number of carbonyl (C=O) groups is 1. The summed E-state index contributed by atoms with van der Waals surface area (Å²) in [5.41, 5.74) is 1.20. The summed E-state index contributed by atoms with van der Waals surface area (Å²) in [6, 6.07) is 10.7. The van der Waals surface area contributed by atoms with Crippen molar-refractivity contribution in [1.82, 2.24) is 25.1 Å². The van der Waals surface area contributed by atoms with Crippen molar-refractivity contribution in [2.75, 3.05) is 5.75 Å². The number of nitrogens with zero attached hydrogens (tertiary/aromatic N) is 4. The van der Waals surface area contributed by atoms with E-state index < -0.39 is 5.54 Å². The van der Waals surface area contributed by atoms with Crippen LogP contribution >= 0.6 is 11.8 Å². The topological polar surface area (TPSA) is 99.4 Å². The molecular formula is C21H24N6OS. The molecule has 1 aromatic carbocycles. The van der Waals surface area contributed by atoms with E-state index in [1.807, 2.05) is 38.2 Å². The van der Waals surface area contributed by atoms with E-state index in [1.54, 1.807) is 6.92 Å². The molecule has 1 amide bonds. The van der Waals surface area contributed by atoms with Crippen LogP contribution in [0.4, 0.5) is 0 Å². The average Bonchev–Trinajstić information content (AvgIpc) is 3.32. The van der Waals surface area contributed by atoms with Crippen molar-refractivity contribution < 1.29 is 4.79 Å². The maximum atomic E-state index is 12.5. The summed E-state index contributed by atoms with van der Waals surface area (Å²) in [4.78, 5) is 15.7. The molecule has 7 nitrogen and oxygen atoms in total. The fourth-order valence-electron chi connectivity index (χ4n) is 3.23. The van der Waals surface area contributed by atoms with Crippen LogP contribution in [0.2, 0.25) is 0 Å². The molecule has 2 heterocycles. The van der Waals surface area contributed by atoms with E-state index in [0.29, 0.717) is 6.04 Å². The van der Waals surface area contributed by atoms with Crippen LogP contribution in [-0.2, 0) is 4.79 Å². The Bertz CT molecular complexity index is 1090. The highest BCUT2D eigenvalue weighted by Crippen LogP contribution is 2.42. The number of benzene rings is 1. The molecule has 1 atom stereocenters. The van der Waals surface area contributed by atoms with Gasteiger partial charge in [0, 0.05) is 28.7 Å². The van der Waals surface area contributed by atoms with Crippen molar-refractivity contribution in [3.8, 4) is 17.5 Å². The van der Waals surface area contributed by atoms with Crippen LogP contribution in [0.1, 0.15) is 39.7 Å². The largest absolute Gasteiger partial charge is 0.360 e. The average molecular weight is 409 g/mol. The Balaban J connectivity index is 1.56. The molecule has 29 heavy (non-hydrogen) atoms. The van der Waals surface area contributed by atoms with Crippen LogP contribution in [-0.4, -0.2) is 36.9 Å². The fourth-order valence-corrected chi connectivity index (χ4v) is 4.04. The zero-order chi connectivity index (χ0) is 20.6. The minimum Gasteiger partial charge on any atom is -0.360 e. The molecule has 0 saturated heterocycles. The minimum atomic E-state index is -0.878. The van der Waals surface area contributed by atoms with E-state index in [-0.39, 0.29) is 17.6 Å². The molecule has 0 bridgehead atoms. The fraction of sp³-hybridized carbons (Fsp3) is 0.429. The standard InChI is InChI=1S/C21H24N6OS/c1-13(2)21(3,12-22)24-18(28)11-29-20-26-25-19(27(20)14-8-9-14)16-10-23-17-7-5-4-6-15(16)17/h4-7,10,13-14,23H,8-9,11H2,1-3H3,(H,24,28)/t21-/m0/s1. The zero-order valence-corrected chi connectivity index (χ0v) is 17.6. The maximum absolute atomic E-state index is 12.5. The predicted octanol–water partition coefficient (Wildman–Crippen LogP) is 3.91. The Morgan fingerprint density at radius 3 is 2.86 bits per heavy atom. The SMILES string of the molecule is CC(C)[C@](C)(C#N)NC(=O)CSc1nnc(-c2c[nH]c3ccccc23)n1C1CC1. The van der Waals surface area contributed by atoms with Crippen molar-refractivity contribution in [3.05, 3.63) is 30.5 Å². The lowest BCUT2D eigenvalue weighted by Crippen LogP contribution is -2.49. The highest BCUT2D eigenvalue weighted by molar-refractivity contribution is 7.99. The van der Waals surface area contributed by atoms with E-state index in [4.69, 9.17) is 0 Å². The molecule has 0 radical (unpaired) electrons. The Kier molecular flexibility index (Phi) is 5.09. The summed E-state index contributed by atoms with van der Waals surface area (Å²) in [5, 5.41) is 22.9. The van der Waals surface area contributed by atoms with E-state index in [2.05, 4.69) is 37.2 Å². The Morgan fingerprint density at radius 2 is 2.17 bits per heavy atom. The second kappa shape index (κ2) is 7.56. The molecule has 0 spiro atoms. The monoisotopic (exact) mass is 408 g/mol. The van der Waals surface area contributed by atoms with E-state index >= 15 is 0 Å². The van der Waals surface area contributed by atoms with Crippen molar-refractivity contribution in [2.24, 2.45) is 5.92 Å². The van der Waals surface area contributed by atoms with Crippen molar-refractivity contribution >= 4 is 28.6 Å². The van der Waals surface area contributed by atoms with Gasteiger partial charge in [0.2, 0.25) is 5.91 Å². The number of carbonyl (C=O) groups excluding carboxylic acids is 1. The van der Waals surface area contributed by atoms with E-state index in [1.165, 1.54) is 11.8 Å². The second-order valence-corrected chi connectivity index (χ2v) is 8.90. The number of hydrogen-bond donors (Lipinski definition) is 2. The molecule has 0 aliphatic heterocycles. The number of rotatable bonds is 7. The van der Waals surface area contributed by atoms with Gasteiger partial charge in [-0.2, -0.15) is 5.26 Å². The highest BCUT2D eigenvalue weighted by atomic mass is 32.2. The quantitative estimate of drug-likeness (QED) is 0.578. The molecule has 8 heteroatoms. The Morgan fingerprint density at radius 1 is 1.41 bits per heavy atom.